The van der Waals surface area contributed by atoms with E-state index in [9.17, 15) is 4.39 Å². The van der Waals surface area contributed by atoms with Crippen LogP contribution in [0.4, 0.5) is 4.39 Å². The van der Waals surface area contributed by atoms with Crippen LogP contribution < -0.4 is 5.32 Å². The zero-order valence-corrected chi connectivity index (χ0v) is 11.6. The molecule has 0 bridgehead atoms. The zero-order chi connectivity index (χ0) is 12.1. The van der Waals surface area contributed by atoms with E-state index in [-0.39, 0.29) is 5.82 Å². The van der Waals surface area contributed by atoms with Gasteiger partial charge in [0.05, 0.1) is 4.47 Å². The van der Waals surface area contributed by atoms with E-state index >= 15 is 0 Å². The summed E-state index contributed by atoms with van der Waals surface area (Å²) in [5.74, 6) is 0.372. The van der Waals surface area contributed by atoms with Gasteiger partial charge in [0.2, 0.25) is 0 Å². The Balaban J connectivity index is 2.73. The summed E-state index contributed by atoms with van der Waals surface area (Å²) in [6, 6.07) is 5.68. The Morgan fingerprint density at radius 1 is 1.38 bits per heavy atom. The lowest BCUT2D eigenvalue weighted by Gasteiger charge is -2.21. The molecule has 0 aliphatic heterocycles. The van der Waals surface area contributed by atoms with E-state index in [0.29, 0.717) is 16.4 Å². The van der Waals surface area contributed by atoms with Crippen LogP contribution in [0.3, 0.4) is 0 Å². The first-order valence-electron chi connectivity index (χ1n) is 5.72. The summed E-state index contributed by atoms with van der Waals surface area (Å²) in [5, 5.41) is 3.46. The highest BCUT2D eigenvalue weighted by atomic mass is 79.9. The van der Waals surface area contributed by atoms with E-state index < -0.39 is 0 Å². The largest absolute Gasteiger partial charge is 0.314 e. The van der Waals surface area contributed by atoms with Gasteiger partial charge in [-0.15, -0.1) is 0 Å². The summed E-state index contributed by atoms with van der Waals surface area (Å²) in [4.78, 5) is 0. The molecule has 3 heteroatoms. The van der Waals surface area contributed by atoms with E-state index in [4.69, 9.17) is 0 Å². The van der Waals surface area contributed by atoms with E-state index in [2.05, 4.69) is 42.0 Å². The summed E-state index contributed by atoms with van der Waals surface area (Å²) < 4.78 is 13.6. The van der Waals surface area contributed by atoms with Gasteiger partial charge >= 0.3 is 0 Å². The van der Waals surface area contributed by atoms with Gasteiger partial charge in [0.25, 0.3) is 0 Å². The van der Waals surface area contributed by atoms with Crippen molar-refractivity contribution in [2.45, 2.75) is 33.2 Å². The Bertz CT molecular complexity index is 339. The molecule has 0 aliphatic rings. The predicted molar refractivity (Wildman–Crippen MR) is 70.1 cm³/mol. The van der Waals surface area contributed by atoms with Crippen molar-refractivity contribution in [3.8, 4) is 0 Å². The molecule has 1 atom stereocenters. The molecule has 0 aliphatic carbocycles. The average molecular weight is 288 g/mol. The molecule has 0 radical (unpaired) electrons. The van der Waals surface area contributed by atoms with Crippen molar-refractivity contribution in [2.75, 3.05) is 6.54 Å². The maximum atomic E-state index is 13.1. The van der Waals surface area contributed by atoms with Gasteiger partial charge in [-0.05, 0) is 52.5 Å². The highest BCUT2D eigenvalue weighted by molar-refractivity contribution is 9.10. The molecule has 0 aromatic heterocycles. The molecule has 0 saturated heterocycles. The van der Waals surface area contributed by atoms with E-state index in [1.165, 1.54) is 6.07 Å². The van der Waals surface area contributed by atoms with Gasteiger partial charge in [0.15, 0.2) is 0 Å². The summed E-state index contributed by atoms with van der Waals surface area (Å²) >= 11 is 3.22. The summed E-state index contributed by atoms with van der Waals surface area (Å²) in [6.07, 6.45) is 0.935. The van der Waals surface area contributed by atoms with Crippen LogP contribution in [0.2, 0.25) is 0 Å². The molecule has 1 rings (SSSR count). The third-order valence-corrected chi connectivity index (χ3v) is 3.32. The molecule has 1 aromatic rings. The Morgan fingerprint density at radius 2 is 2.06 bits per heavy atom. The minimum atomic E-state index is -0.201. The highest BCUT2D eigenvalue weighted by Gasteiger charge is 2.13. The standard InChI is InChI=1S/C13H19BrFN/c1-4-16-13(9(2)3)8-10-5-6-12(15)11(14)7-10/h5-7,9,13,16H,4,8H2,1-3H3. The molecule has 0 heterocycles. The monoisotopic (exact) mass is 287 g/mol. The molecule has 90 valence electrons. The third-order valence-electron chi connectivity index (χ3n) is 2.71. The number of likely N-dealkylation sites (N-methyl/N-ethyl adjacent to an activating group) is 1. The lowest BCUT2D eigenvalue weighted by atomic mass is 9.96. The molecular formula is C13H19BrFN. The topological polar surface area (TPSA) is 12.0 Å². The number of halogens is 2. The number of hydrogen-bond acceptors (Lipinski definition) is 1. The lowest BCUT2D eigenvalue weighted by molar-refractivity contribution is 0.405. The van der Waals surface area contributed by atoms with E-state index in [1.807, 2.05) is 12.1 Å². The molecule has 0 saturated carbocycles. The fourth-order valence-electron chi connectivity index (χ4n) is 1.73. The molecule has 0 spiro atoms. The molecule has 1 N–H and O–H groups in total. The van der Waals surface area contributed by atoms with Gasteiger partial charge in [0.1, 0.15) is 5.82 Å². The quantitative estimate of drug-likeness (QED) is 0.869. The molecule has 1 unspecified atom stereocenters. The second kappa shape index (κ2) is 6.36. The van der Waals surface area contributed by atoms with Crippen molar-refractivity contribution >= 4 is 15.9 Å². The minimum Gasteiger partial charge on any atom is -0.314 e. The van der Waals surface area contributed by atoms with Crippen molar-refractivity contribution in [3.63, 3.8) is 0 Å². The molecule has 1 nitrogen and oxygen atoms in total. The van der Waals surface area contributed by atoms with Crippen LogP contribution >= 0.6 is 15.9 Å². The fraction of sp³-hybridized carbons (Fsp3) is 0.538. The Hall–Kier alpha value is -0.410. The van der Waals surface area contributed by atoms with Gasteiger partial charge in [-0.1, -0.05) is 26.8 Å². The van der Waals surface area contributed by atoms with Crippen molar-refractivity contribution in [2.24, 2.45) is 5.92 Å². The number of nitrogens with one attached hydrogen (secondary N) is 1. The van der Waals surface area contributed by atoms with Crippen molar-refractivity contribution in [1.82, 2.24) is 5.32 Å². The summed E-state index contributed by atoms with van der Waals surface area (Å²) in [6.45, 7) is 7.47. The normalized spacial score (nSPS) is 13.1. The first-order chi connectivity index (χ1) is 7.54. The lowest BCUT2D eigenvalue weighted by Crippen LogP contribution is -2.35. The van der Waals surface area contributed by atoms with Crippen LogP contribution in [-0.4, -0.2) is 12.6 Å². The zero-order valence-electron chi connectivity index (χ0n) is 10.1. The van der Waals surface area contributed by atoms with E-state index in [0.717, 1.165) is 18.5 Å². The second-order valence-electron chi connectivity index (χ2n) is 4.36. The average Bonchev–Trinajstić information content (AvgIpc) is 2.22. The van der Waals surface area contributed by atoms with Crippen LogP contribution in [0.15, 0.2) is 22.7 Å². The van der Waals surface area contributed by atoms with E-state index in [1.54, 1.807) is 0 Å². The fourth-order valence-corrected chi connectivity index (χ4v) is 2.15. The molecule has 0 fully saturated rings. The van der Waals surface area contributed by atoms with Crippen molar-refractivity contribution in [1.29, 1.82) is 0 Å². The highest BCUT2D eigenvalue weighted by Crippen LogP contribution is 2.19. The molecule has 0 amide bonds. The van der Waals surface area contributed by atoms with Gasteiger partial charge in [-0.3, -0.25) is 0 Å². The SMILES string of the molecule is CCNC(Cc1ccc(F)c(Br)c1)C(C)C. The van der Waals surface area contributed by atoms with Crippen LogP contribution in [0, 0.1) is 11.7 Å². The Morgan fingerprint density at radius 3 is 2.56 bits per heavy atom. The van der Waals surface area contributed by atoms with Crippen LogP contribution in [0.25, 0.3) is 0 Å². The van der Waals surface area contributed by atoms with Gasteiger partial charge in [-0.2, -0.15) is 0 Å². The molecule has 16 heavy (non-hydrogen) atoms. The van der Waals surface area contributed by atoms with Crippen LogP contribution in [-0.2, 0) is 6.42 Å². The molecular weight excluding hydrogens is 269 g/mol. The summed E-state index contributed by atoms with van der Waals surface area (Å²) in [5.41, 5.74) is 1.16. The predicted octanol–water partition coefficient (Wildman–Crippen LogP) is 3.76. The minimum absolute atomic E-state index is 0.201. The maximum Gasteiger partial charge on any atom is 0.137 e. The van der Waals surface area contributed by atoms with Gasteiger partial charge in [-0.25, -0.2) is 4.39 Å². The van der Waals surface area contributed by atoms with Crippen molar-refractivity contribution in [3.05, 3.63) is 34.1 Å². The smallest absolute Gasteiger partial charge is 0.137 e. The number of rotatable bonds is 5. The first-order valence-corrected chi connectivity index (χ1v) is 6.51. The van der Waals surface area contributed by atoms with Crippen LogP contribution in [0.1, 0.15) is 26.3 Å². The Kier molecular flexibility index (Phi) is 5.42. The first kappa shape index (κ1) is 13.7. The molecule has 1 aromatic carbocycles. The van der Waals surface area contributed by atoms with Crippen molar-refractivity contribution < 1.29 is 4.39 Å². The Labute approximate surface area is 106 Å². The third kappa shape index (κ3) is 3.87. The number of benzene rings is 1. The van der Waals surface area contributed by atoms with Gasteiger partial charge < -0.3 is 5.32 Å². The maximum absolute atomic E-state index is 13.1. The second-order valence-corrected chi connectivity index (χ2v) is 5.22. The van der Waals surface area contributed by atoms with Gasteiger partial charge in [0, 0.05) is 6.04 Å². The number of hydrogen-bond donors (Lipinski definition) is 1. The van der Waals surface area contributed by atoms with Crippen LogP contribution in [0.5, 0.6) is 0 Å². The summed E-state index contributed by atoms with van der Waals surface area (Å²) in [7, 11) is 0.